The molecule has 4 rings (SSSR count). The molecule has 5 heteroatoms. The van der Waals surface area contributed by atoms with Crippen LogP contribution in [0.15, 0.2) is 48.5 Å². The number of ether oxygens (including phenoxy) is 2. The third-order valence-corrected chi connectivity index (χ3v) is 5.71. The summed E-state index contributed by atoms with van der Waals surface area (Å²) in [4.78, 5) is 15.0. The molecule has 2 fully saturated rings. The summed E-state index contributed by atoms with van der Waals surface area (Å²) in [6.45, 7) is 2.74. The minimum absolute atomic E-state index is 0.0343. The summed E-state index contributed by atoms with van der Waals surface area (Å²) < 4.78 is 11.6. The number of benzene rings is 2. The Bertz CT molecular complexity index is 791. The minimum atomic E-state index is 0.0343. The third kappa shape index (κ3) is 4.30. The van der Waals surface area contributed by atoms with Crippen molar-refractivity contribution >= 4 is 5.91 Å². The molecule has 0 aromatic heterocycles. The monoisotopic (exact) mass is 381 g/mol. The Morgan fingerprint density at radius 1 is 1.07 bits per heavy atom. The standard InChI is InChI=1S/C23H27NO4/c25-19-9-7-17(8-10-19)18-11-13-24(14-12-18)23(26)21-5-1-2-6-22(21)28-16-20-4-3-15-27-20/h1-2,5-10,18,20,25H,3-4,11-16H2. The van der Waals surface area contributed by atoms with E-state index in [0.717, 1.165) is 45.4 Å². The second-order valence-electron chi connectivity index (χ2n) is 7.60. The highest BCUT2D eigenvalue weighted by Gasteiger charge is 2.26. The molecule has 5 nitrogen and oxygen atoms in total. The number of carbonyl (C=O) groups excluding carboxylic acids is 1. The van der Waals surface area contributed by atoms with E-state index in [4.69, 9.17) is 9.47 Å². The summed E-state index contributed by atoms with van der Waals surface area (Å²) in [5.74, 6) is 1.39. The molecule has 2 aromatic rings. The first-order valence-electron chi connectivity index (χ1n) is 10.1. The summed E-state index contributed by atoms with van der Waals surface area (Å²) in [5, 5.41) is 9.46. The molecule has 2 aliphatic heterocycles. The second-order valence-corrected chi connectivity index (χ2v) is 7.60. The number of nitrogens with zero attached hydrogens (tertiary/aromatic N) is 1. The predicted molar refractivity (Wildman–Crippen MR) is 107 cm³/mol. The maximum atomic E-state index is 13.1. The number of hydrogen-bond acceptors (Lipinski definition) is 4. The van der Waals surface area contributed by atoms with Crippen molar-refractivity contribution in [1.82, 2.24) is 4.90 Å². The van der Waals surface area contributed by atoms with E-state index < -0.39 is 0 Å². The Kier molecular flexibility index (Phi) is 5.81. The van der Waals surface area contributed by atoms with Gasteiger partial charge in [-0.25, -0.2) is 0 Å². The van der Waals surface area contributed by atoms with Crippen molar-refractivity contribution in [1.29, 1.82) is 0 Å². The smallest absolute Gasteiger partial charge is 0.257 e. The van der Waals surface area contributed by atoms with Crippen molar-refractivity contribution < 1.29 is 19.4 Å². The summed E-state index contributed by atoms with van der Waals surface area (Å²) in [6, 6.07) is 14.9. The molecule has 0 radical (unpaired) electrons. The largest absolute Gasteiger partial charge is 0.508 e. The van der Waals surface area contributed by atoms with Gasteiger partial charge in [0, 0.05) is 19.7 Å². The molecule has 1 amide bonds. The molecule has 28 heavy (non-hydrogen) atoms. The average molecular weight is 381 g/mol. The van der Waals surface area contributed by atoms with Gasteiger partial charge in [-0.2, -0.15) is 0 Å². The van der Waals surface area contributed by atoms with E-state index >= 15 is 0 Å². The van der Waals surface area contributed by atoms with Crippen LogP contribution in [0, 0.1) is 0 Å². The number of carbonyl (C=O) groups is 1. The van der Waals surface area contributed by atoms with Crippen LogP contribution < -0.4 is 4.74 Å². The number of piperidine rings is 1. The first kappa shape index (κ1) is 18.8. The average Bonchev–Trinajstić information content (AvgIpc) is 3.26. The summed E-state index contributed by atoms with van der Waals surface area (Å²) >= 11 is 0. The number of likely N-dealkylation sites (tertiary alicyclic amines) is 1. The normalized spacial score (nSPS) is 20.3. The van der Waals surface area contributed by atoms with E-state index in [1.54, 1.807) is 12.1 Å². The Morgan fingerprint density at radius 3 is 2.54 bits per heavy atom. The second kappa shape index (κ2) is 8.65. The van der Waals surface area contributed by atoms with E-state index in [1.807, 2.05) is 41.3 Å². The first-order valence-corrected chi connectivity index (χ1v) is 10.1. The van der Waals surface area contributed by atoms with Gasteiger partial charge in [0.15, 0.2) is 0 Å². The fourth-order valence-electron chi connectivity index (χ4n) is 4.06. The van der Waals surface area contributed by atoms with Gasteiger partial charge in [-0.3, -0.25) is 4.79 Å². The van der Waals surface area contributed by atoms with Gasteiger partial charge in [0.05, 0.1) is 11.7 Å². The van der Waals surface area contributed by atoms with Crippen LogP contribution in [0.4, 0.5) is 0 Å². The number of rotatable bonds is 5. The predicted octanol–water partition coefficient (Wildman–Crippen LogP) is 3.97. The van der Waals surface area contributed by atoms with Crippen LogP contribution in [-0.2, 0) is 4.74 Å². The van der Waals surface area contributed by atoms with Gasteiger partial charge in [0.1, 0.15) is 18.1 Å². The van der Waals surface area contributed by atoms with Crippen LogP contribution in [0.25, 0.3) is 0 Å². The number of phenols is 1. The van der Waals surface area contributed by atoms with Gasteiger partial charge in [-0.15, -0.1) is 0 Å². The van der Waals surface area contributed by atoms with Crippen molar-refractivity contribution in [3.8, 4) is 11.5 Å². The van der Waals surface area contributed by atoms with Gasteiger partial charge < -0.3 is 19.5 Å². The number of amides is 1. The van der Waals surface area contributed by atoms with Crippen LogP contribution in [-0.4, -0.2) is 48.3 Å². The highest BCUT2D eigenvalue weighted by atomic mass is 16.5. The van der Waals surface area contributed by atoms with Gasteiger partial charge >= 0.3 is 0 Å². The lowest BCUT2D eigenvalue weighted by Gasteiger charge is -2.32. The van der Waals surface area contributed by atoms with Crippen LogP contribution >= 0.6 is 0 Å². The van der Waals surface area contributed by atoms with E-state index in [9.17, 15) is 9.90 Å². The molecule has 2 aliphatic rings. The lowest BCUT2D eigenvalue weighted by molar-refractivity contribution is 0.0638. The molecule has 1 unspecified atom stereocenters. The summed E-state index contributed by atoms with van der Waals surface area (Å²) in [6.07, 6.45) is 4.07. The third-order valence-electron chi connectivity index (χ3n) is 5.71. The zero-order valence-corrected chi connectivity index (χ0v) is 16.0. The summed E-state index contributed by atoms with van der Waals surface area (Å²) in [7, 11) is 0. The lowest BCUT2D eigenvalue weighted by Crippen LogP contribution is -2.38. The molecule has 0 bridgehead atoms. The fourth-order valence-corrected chi connectivity index (χ4v) is 4.06. The molecule has 2 aromatic carbocycles. The quantitative estimate of drug-likeness (QED) is 0.851. The van der Waals surface area contributed by atoms with Gasteiger partial charge in [-0.1, -0.05) is 24.3 Å². The Hall–Kier alpha value is -2.53. The SMILES string of the molecule is O=C(c1ccccc1OCC1CCCO1)N1CCC(c2ccc(O)cc2)CC1. The Morgan fingerprint density at radius 2 is 1.82 bits per heavy atom. The van der Waals surface area contributed by atoms with Crippen molar-refractivity contribution in [2.24, 2.45) is 0 Å². The Balaban J connectivity index is 1.37. The molecule has 0 saturated carbocycles. The molecular formula is C23H27NO4. The number of aromatic hydroxyl groups is 1. The van der Waals surface area contributed by atoms with Crippen molar-refractivity contribution in [3.05, 3.63) is 59.7 Å². The molecule has 1 atom stereocenters. The maximum absolute atomic E-state index is 13.1. The van der Waals surface area contributed by atoms with Crippen molar-refractivity contribution in [2.45, 2.75) is 37.7 Å². The van der Waals surface area contributed by atoms with E-state index in [0.29, 0.717) is 23.8 Å². The number of phenolic OH excluding ortho intramolecular Hbond substituents is 1. The topological polar surface area (TPSA) is 59.0 Å². The van der Waals surface area contributed by atoms with Crippen molar-refractivity contribution in [3.63, 3.8) is 0 Å². The van der Waals surface area contributed by atoms with E-state index in [-0.39, 0.29) is 17.8 Å². The number of hydrogen-bond donors (Lipinski definition) is 1. The molecule has 0 aliphatic carbocycles. The lowest BCUT2D eigenvalue weighted by atomic mass is 9.89. The minimum Gasteiger partial charge on any atom is -0.508 e. The van der Waals surface area contributed by atoms with Crippen LogP contribution in [0.3, 0.4) is 0 Å². The van der Waals surface area contributed by atoms with E-state index in [1.165, 1.54) is 5.56 Å². The van der Waals surface area contributed by atoms with Gasteiger partial charge in [-0.05, 0) is 61.4 Å². The zero-order valence-electron chi connectivity index (χ0n) is 16.0. The molecule has 0 spiro atoms. The van der Waals surface area contributed by atoms with Crippen LogP contribution in [0.2, 0.25) is 0 Å². The highest BCUT2D eigenvalue weighted by Crippen LogP contribution is 2.30. The van der Waals surface area contributed by atoms with Gasteiger partial charge in [0.25, 0.3) is 5.91 Å². The van der Waals surface area contributed by atoms with Crippen molar-refractivity contribution in [2.75, 3.05) is 26.3 Å². The molecule has 2 saturated heterocycles. The van der Waals surface area contributed by atoms with E-state index in [2.05, 4.69) is 0 Å². The van der Waals surface area contributed by atoms with Crippen LogP contribution in [0.1, 0.15) is 47.5 Å². The maximum Gasteiger partial charge on any atom is 0.257 e. The highest BCUT2D eigenvalue weighted by molar-refractivity contribution is 5.97. The molecular weight excluding hydrogens is 354 g/mol. The number of para-hydroxylation sites is 1. The zero-order chi connectivity index (χ0) is 19.3. The Labute approximate surface area is 165 Å². The van der Waals surface area contributed by atoms with Crippen LogP contribution in [0.5, 0.6) is 11.5 Å². The molecule has 1 N–H and O–H groups in total. The summed E-state index contributed by atoms with van der Waals surface area (Å²) in [5.41, 5.74) is 1.86. The van der Waals surface area contributed by atoms with Gasteiger partial charge in [0.2, 0.25) is 0 Å². The fraction of sp³-hybridized carbons (Fsp3) is 0.435. The molecule has 2 heterocycles. The molecule has 148 valence electrons. The first-order chi connectivity index (χ1) is 13.7.